The number of carbonyl (C=O) groups excluding carboxylic acids is 1. The number of aromatic nitrogens is 1. The van der Waals surface area contributed by atoms with Gasteiger partial charge in [0.2, 0.25) is 5.91 Å². The number of hydrogen-bond acceptors (Lipinski definition) is 3. The molecule has 0 aliphatic heterocycles. The molecule has 2 aromatic carbocycles. The van der Waals surface area contributed by atoms with Gasteiger partial charge >= 0.3 is 0 Å². The van der Waals surface area contributed by atoms with Crippen molar-refractivity contribution in [2.45, 2.75) is 5.75 Å². The van der Waals surface area contributed by atoms with E-state index in [9.17, 15) is 4.79 Å². The van der Waals surface area contributed by atoms with E-state index in [1.165, 1.54) is 0 Å². The Hall–Kier alpha value is -2.04. The summed E-state index contributed by atoms with van der Waals surface area (Å²) in [6.07, 6.45) is 1.73. The van der Waals surface area contributed by atoms with Crippen LogP contribution in [-0.2, 0) is 10.5 Å². The van der Waals surface area contributed by atoms with Crippen LogP contribution in [-0.4, -0.2) is 16.6 Å². The van der Waals surface area contributed by atoms with Crippen molar-refractivity contribution in [3.8, 4) is 0 Å². The molecule has 0 atom stereocenters. The van der Waals surface area contributed by atoms with Gasteiger partial charge in [-0.1, -0.05) is 41.9 Å². The van der Waals surface area contributed by atoms with Crippen LogP contribution in [0.1, 0.15) is 5.56 Å². The topological polar surface area (TPSA) is 42.0 Å². The highest BCUT2D eigenvalue weighted by atomic mass is 35.5. The molecule has 3 aromatic rings. The molecule has 1 N–H and O–H groups in total. The third-order valence-electron chi connectivity index (χ3n) is 3.30. The summed E-state index contributed by atoms with van der Waals surface area (Å²) >= 11 is 7.51. The molecule has 3 nitrogen and oxygen atoms in total. The summed E-state index contributed by atoms with van der Waals surface area (Å²) in [6, 6.07) is 17.3. The van der Waals surface area contributed by atoms with Gasteiger partial charge in [-0.15, -0.1) is 11.8 Å². The number of benzene rings is 2. The molecule has 3 rings (SSSR count). The molecule has 0 spiro atoms. The zero-order chi connectivity index (χ0) is 16.1. The van der Waals surface area contributed by atoms with Gasteiger partial charge in [0, 0.05) is 22.4 Å². The van der Waals surface area contributed by atoms with Crippen LogP contribution < -0.4 is 5.32 Å². The van der Waals surface area contributed by atoms with E-state index in [4.69, 9.17) is 11.6 Å². The quantitative estimate of drug-likeness (QED) is 0.726. The van der Waals surface area contributed by atoms with Gasteiger partial charge < -0.3 is 5.32 Å². The number of rotatable bonds is 5. The number of nitrogens with zero attached hydrogens (tertiary/aromatic N) is 1. The molecule has 0 saturated carbocycles. The van der Waals surface area contributed by atoms with E-state index in [2.05, 4.69) is 10.3 Å². The van der Waals surface area contributed by atoms with Gasteiger partial charge in [0.05, 0.1) is 17.0 Å². The Labute approximate surface area is 144 Å². The van der Waals surface area contributed by atoms with Crippen LogP contribution in [0.4, 0.5) is 5.69 Å². The van der Waals surface area contributed by atoms with Gasteiger partial charge in [-0.05, 0) is 29.8 Å². The first-order valence-corrected chi connectivity index (χ1v) is 8.71. The molecule has 116 valence electrons. The molecule has 23 heavy (non-hydrogen) atoms. The molecular formula is C18H15ClN2OS. The molecule has 0 saturated heterocycles. The Kier molecular flexibility index (Phi) is 5.16. The Morgan fingerprint density at radius 1 is 1.13 bits per heavy atom. The fraction of sp³-hybridized carbons (Fsp3) is 0.111. The molecule has 0 fully saturated rings. The van der Waals surface area contributed by atoms with Crippen molar-refractivity contribution in [1.29, 1.82) is 0 Å². The van der Waals surface area contributed by atoms with Crippen LogP contribution in [0, 0.1) is 0 Å². The molecule has 1 heterocycles. The first-order valence-electron chi connectivity index (χ1n) is 7.18. The summed E-state index contributed by atoms with van der Waals surface area (Å²) in [5.41, 5.74) is 2.67. The highest BCUT2D eigenvalue weighted by molar-refractivity contribution is 7.99. The molecule has 0 aliphatic rings. The molecule has 0 unspecified atom stereocenters. The zero-order valence-corrected chi connectivity index (χ0v) is 13.9. The van der Waals surface area contributed by atoms with Gasteiger partial charge in [0.1, 0.15) is 0 Å². The average molecular weight is 343 g/mol. The van der Waals surface area contributed by atoms with Crippen LogP contribution in [0.15, 0.2) is 60.8 Å². The van der Waals surface area contributed by atoms with E-state index >= 15 is 0 Å². The predicted octanol–water partition coefficient (Wildman–Crippen LogP) is 4.76. The Balaban J connectivity index is 1.59. The number of pyridine rings is 1. The van der Waals surface area contributed by atoms with Gasteiger partial charge in [-0.25, -0.2) is 0 Å². The largest absolute Gasteiger partial charge is 0.323 e. The van der Waals surface area contributed by atoms with Crippen molar-refractivity contribution in [2.75, 3.05) is 11.1 Å². The fourth-order valence-electron chi connectivity index (χ4n) is 2.28. The van der Waals surface area contributed by atoms with Crippen molar-refractivity contribution >= 4 is 45.9 Å². The number of hydrogen-bond donors (Lipinski definition) is 1. The number of fused-ring (bicyclic) bond motifs is 1. The number of nitrogens with one attached hydrogen (secondary N) is 1. The first kappa shape index (κ1) is 15.8. The average Bonchev–Trinajstić information content (AvgIpc) is 2.55. The Morgan fingerprint density at radius 3 is 2.83 bits per heavy atom. The van der Waals surface area contributed by atoms with E-state index in [1.54, 1.807) is 18.0 Å². The molecular weight excluding hydrogens is 328 g/mol. The minimum atomic E-state index is -0.0322. The smallest absolute Gasteiger partial charge is 0.234 e. The molecule has 1 amide bonds. The Morgan fingerprint density at radius 2 is 1.96 bits per heavy atom. The third kappa shape index (κ3) is 4.24. The summed E-state index contributed by atoms with van der Waals surface area (Å²) < 4.78 is 0. The standard InChI is InChI=1S/C18H15ClN2OS/c19-15-7-1-4-13(10-15)11-23-12-17(22)21-16-8-2-5-14-6-3-9-20-18(14)16/h1-10H,11-12H2,(H,21,22). The normalized spacial score (nSPS) is 10.7. The number of amides is 1. The van der Waals surface area contributed by atoms with Gasteiger partial charge in [0.25, 0.3) is 0 Å². The summed E-state index contributed by atoms with van der Waals surface area (Å²) in [4.78, 5) is 16.5. The number of thioether (sulfide) groups is 1. The lowest BCUT2D eigenvalue weighted by molar-refractivity contribution is -0.113. The first-order chi connectivity index (χ1) is 11.2. The number of para-hydroxylation sites is 1. The van der Waals surface area contributed by atoms with E-state index in [0.29, 0.717) is 5.75 Å². The van der Waals surface area contributed by atoms with Crippen molar-refractivity contribution in [2.24, 2.45) is 0 Å². The zero-order valence-electron chi connectivity index (χ0n) is 12.3. The van der Waals surface area contributed by atoms with Crippen molar-refractivity contribution in [3.05, 3.63) is 71.4 Å². The highest BCUT2D eigenvalue weighted by Gasteiger charge is 2.07. The second-order valence-electron chi connectivity index (χ2n) is 5.05. The van der Waals surface area contributed by atoms with E-state index in [-0.39, 0.29) is 5.91 Å². The lowest BCUT2D eigenvalue weighted by Crippen LogP contribution is -2.14. The fourth-order valence-corrected chi connectivity index (χ4v) is 3.27. The van der Waals surface area contributed by atoms with Crippen LogP contribution in [0.25, 0.3) is 10.9 Å². The maximum Gasteiger partial charge on any atom is 0.234 e. The second-order valence-corrected chi connectivity index (χ2v) is 6.47. The van der Waals surface area contributed by atoms with Crippen LogP contribution >= 0.6 is 23.4 Å². The minimum absolute atomic E-state index is 0.0322. The lowest BCUT2D eigenvalue weighted by Gasteiger charge is -2.08. The van der Waals surface area contributed by atoms with Crippen molar-refractivity contribution in [1.82, 2.24) is 4.98 Å². The van der Waals surface area contributed by atoms with Gasteiger partial charge in [-0.3, -0.25) is 9.78 Å². The summed E-state index contributed by atoms with van der Waals surface area (Å²) in [7, 11) is 0. The second kappa shape index (κ2) is 7.49. The summed E-state index contributed by atoms with van der Waals surface area (Å²) in [6.45, 7) is 0. The van der Waals surface area contributed by atoms with Crippen molar-refractivity contribution < 1.29 is 4.79 Å². The summed E-state index contributed by atoms with van der Waals surface area (Å²) in [5, 5.41) is 4.66. The van der Waals surface area contributed by atoms with Crippen LogP contribution in [0.3, 0.4) is 0 Å². The predicted molar refractivity (Wildman–Crippen MR) is 98.0 cm³/mol. The molecule has 0 aliphatic carbocycles. The van der Waals surface area contributed by atoms with E-state index in [1.807, 2.05) is 54.6 Å². The monoisotopic (exact) mass is 342 g/mol. The molecule has 5 heteroatoms. The van der Waals surface area contributed by atoms with Gasteiger partial charge in [-0.2, -0.15) is 0 Å². The van der Waals surface area contributed by atoms with E-state index < -0.39 is 0 Å². The minimum Gasteiger partial charge on any atom is -0.323 e. The van der Waals surface area contributed by atoms with Crippen LogP contribution in [0.5, 0.6) is 0 Å². The number of anilines is 1. The Bertz CT molecular complexity index is 833. The molecule has 0 radical (unpaired) electrons. The van der Waals surface area contributed by atoms with Crippen molar-refractivity contribution in [3.63, 3.8) is 0 Å². The maximum atomic E-state index is 12.1. The maximum absolute atomic E-state index is 12.1. The van der Waals surface area contributed by atoms with E-state index in [0.717, 1.165) is 32.9 Å². The summed E-state index contributed by atoms with van der Waals surface area (Å²) in [5.74, 6) is 1.10. The highest BCUT2D eigenvalue weighted by Crippen LogP contribution is 2.21. The number of carbonyl (C=O) groups is 1. The molecule has 0 bridgehead atoms. The number of halogens is 1. The molecule has 1 aromatic heterocycles. The van der Waals surface area contributed by atoms with Gasteiger partial charge in [0.15, 0.2) is 0 Å². The lowest BCUT2D eigenvalue weighted by atomic mass is 10.2. The third-order valence-corrected chi connectivity index (χ3v) is 4.54. The van der Waals surface area contributed by atoms with Crippen LogP contribution in [0.2, 0.25) is 5.02 Å². The SMILES string of the molecule is O=C(CSCc1cccc(Cl)c1)Nc1cccc2cccnc12.